The maximum absolute atomic E-state index is 10.4. The van der Waals surface area contributed by atoms with Crippen molar-refractivity contribution in [1.82, 2.24) is 0 Å². The number of carbonyl (C=O) groups is 1. The third-order valence-electron chi connectivity index (χ3n) is 2.65. The van der Waals surface area contributed by atoms with Gasteiger partial charge in [-0.2, -0.15) is 0 Å². The summed E-state index contributed by atoms with van der Waals surface area (Å²) in [6.07, 6.45) is 8.60. The zero-order valence-corrected chi connectivity index (χ0v) is 9.62. The van der Waals surface area contributed by atoms with Gasteiger partial charge in [-0.25, -0.2) is 0 Å². The van der Waals surface area contributed by atoms with Crippen LogP contribution in [0, 0.1) is 5.92 Å². The number of carboxylic acid groups (broad SMARTS) is 1. The summed E-state index contributed by atoms with van der Waals surface area (Å²) in [4.78, 5) is 10.4. The fraction of sp³-hybridized carbons (Fsp3) is 0.615. The predicted molar refractivity (Wildman–Crippen MR) is 61.7 cm³/mol. The number of rotatable bonds is 5. The van der Waals surface area contributed by atoms with E-state index in [1.165, 1.54) is 17.6 Å². The monoisotopic (exact) mass is 208 g/mol. The van der Waals surface area contributed by atoms with E-state index in [2.05, 4.69) is 26.0 Å². The Balaban J connectivity index is 2.41. The van der Waals surface area contributed by atoms with E-state index in [0.717, 1.165) is 12.8 Å². The van der Waals surface area contributed by atoms with E-state index in [0.29, 0.717) is 12.3 Å². The fourth-order valence-corrected chi connectivity index (χ4v) is 1.89. The van der Waals surface area contributed by atoms with Crippen LogP contribution in [-0.4, -0.2) is 11.1 Å². The molecule has 84 valence electrons. The van der Waals surface area contributed by atoms with Crippen LogP contribution in [0.4, 0.5) is 0 Å². The van der Waals surface area contributed by atoms with Gasteiger partial charge in [0.05, 0.1) is 0 Å². The zero-order valence-electron chi connectivity index (χ0n) is 9.62. The molecule has 0 saturated heterocycles. The molecule has 1 rings (SSSR count). The normalized spacial score (nSPS) is 16.2. The van der Waals surface area contributed by atoms with Gasteiger partial charge in [0, 0.05) is 6.42 Å². The first-order chi connectivity index (χ1) is 7.08. The zero-order chi connectivity index (χ0) is 11.3. The Labute approximate surface area is 91.7 Å². The van der Waals surface area contributed by atoms with Crippen molar-refractivity contribution < 1.29 is 9.90 Å². The Bertz CT molecular complexity index is 285. The van der Waals surface area contributed by atoms with E-state index in [9.17, 15) is 4.79 Å². The quantitative estimate of drug-likeness (QED) is 0.750. The van der Waals surface area contributed by atoms with Crippen LogP contribution in [0.1, 0.15) is 46.0 Å². The minimum absolute atomic E-state index is 0.263. The fourth-order valence-electron chi connectivity index (χ4n) is 1.89. The maximum atomic E-state index is 10.4. The second-order valence-electron chi connectivity index (χ2n) is 4.64. The summed E-state index contributed by atoms with van der Waals surface area (Å²) in [6.45, 7) is 4.45. The maximum Gasteiger partial charge on any atom is 0.303 e. The van der Waals surface area contributed by atoms with Gasteiger partial charge in [-0.05, 0) is 31.6 Å². The highest BCUT2D eigenvalue weighted by atomic mass is 16.4. The Morgan fingerprint density at radius 3 is 2.40 bits per heavy atom. The molecule has 0 fully saturated rings. The van der Waals surface area contributed by atoms with Gasteiger partial charge in [-0.3, -0.25) is 4.79 Å². The highest BCUT2D eigenvalue weighted by molar-refractivity contribution is 5.67. The van der Waals surface area contributed by atoms with Crippen LogP contribution in [-0.2, 0) is 4.79 Å². The lowest BCUT2D eigenvalue weighted by Gasteiger charge is -2.15. The van der Waals surface area contributed by atoms with Gasteiger partial charge in [0.25, 0.3) is 0 Å². The van der Waals surface area contributed by atoms with Crippen molar-refractivity contribution in [2.24, 2.45) is 5.92 Å². The third-order valence-corrected chi connectivity index (χ3v) is 2.65. The Hall–Kier alpha value is -1.05. The lowest BCUT2D eigenvalue weighted by molar-refractivity contribution is -0.136. The van der Waals surface area contributed by atoms with Gasteiger partial charge in [0.1, 0.15) is 0 Å². The second-order valence-corrected chi connectivity index (χ2v) is 4.64. The number of allylic oxidation sites excluding steroid dienone is 4. The molecule has 1 N–H and O–H groups in total. The highest BCUT2D eigenvalue weighted by Gasteiger charge is 2.09. The molecule has 0 spiro atoms. The van der Waals surface area contributed by atoms with Crippen molar-refractivity contribution in [2.75, 3.05) is 0 Å². The molecule has 0 atom stereocenters. The van der Waals surface area contributed by atoms with Crippen molar-refractivity contribution >= 4 is 5.97 Å². The average molecular weight is 208 g/mol. The molecule has 2 heteroatoms. The van der Waals surface area contributed by atoms with Gasteiger partial charge in [-0.15, -0.1) is 0 Å². The lowest BCUT2D eigenvalue weighted by atomic mass is 9.91. The van der Waals surface area contributed by atoms with Crippen molar-refractivity contribution in [3.8, 4) is 0 Å². The van der Waals surface area contributed by atoms with Crippen LogP contribution < -0.4 is 0 Å². The van der Waals surface area contributed by atoms with Gasteiger partial charge < -0.3 is 5.11 Å². The SMILES string of the molecule is CC(C)CC1=CC=C(CCC(=O)O)CC1. The molecule has 0 aromatic rings. The molecule has 0 amide bonds. The van der Waals surface area contributed by atoms with E-state index in [4.69, 9.17) is 5.11 Å². The Kier molecular flexibility index (Phi) is 4.60. The van der Waals surface area contributed by atoms with E-state index in [-0.39, 0.29) is 6.42 Å². The summed E-state index contributed by atoms with van der Waals surface area (Å²) in [7, 11) is 0. The van der Waals surface area contributed by atoms with Crippen LogP contribution in [0.15, 0.2) is 23.3 Å². The van der Waals surface area contributed by atoms with Gasteiger partial charge in [0.15, 0.2) is 0 Å². The molecular weight excluding hydrogens is 188 g/mol. The number of hydrogen-bond donors (Lipinski definition) is 1. The van der Waals surface area contributed by atoms with E-state index >= 15 is 0 Å². The first kappa shape index (κ1) is 12.0. The van der Waals surface area contributed by atoms with Gasteiger partial charge in [0.2, 0.25) is 0 Å². The molecule has 0 aromatic carbocycles. The molecule has 0 unspecified atom stereocenters. The standard InChI is InChI=1S/C13H20O2/c1-10(2)9-12-5-3-11(4-6-12)7-8-13(14)15/h3,5,10H,4,6-9H2,1-2H3,(H,14,15). The molecule has 0 aliphatic heterocycles. The smallest absolute Gasteiger partial charge is 0.303 e. The van der Waals surface area contributed by atoms with Crippen molar-refractivity contribution in [3.05, 3.63) is 23.3 Å². The van der Waals surface area contributed by atoms with Crippen molar-refractivity contribution in [3.63, 3.8) is 0 Å². The van der Waals surface area contributed by atoms with E-state index in [1.54, 1.807) is 0 Å². The van der Waals surface area contributed by atoms with Gasteiger partial charge in [-0.1, -0.05) is 37.1 Å². The first-order valence-corrected chi connectivity index (χ1v) is 5.67. The van der Waals surface area contributed by atoms with Crippen LogP contribution in [0.2, 0.25) is 0 Å². The van der Waals surface area contributed by atoms with Crippen LogP contribution in [0.3, 0.4) is 0 Å². The summed E-state index contributed by atoms with van der Waals surface area (Å²) in [5.74, 6) is 0.0121. The second kappa shape index (κ2) is 5.74. The molecular formula is C13H20O2. The molecule has 0 saturated carbocycles. The van der Waals surface area contributed by atoms with Crippen LogP contribution >= 0.6 is 0 Å². The molecule has 0 heterocycles. The molecule has 15 heavy (non-hydrogen) atoms. The summed E-state index contributed by atoms with van der Waals surface area (Å²) < 4.78 is 0. The van der Waals surface area contributed by atoms with Crippen LogP contribution in [0.25, 0.3) is 0 Å². The minimum Gasteiger partial charge on any atom is -0.481 e. The lowest BCUT2D eigenvalue weighted by Crippen LogP contribution is -2.00. The number of aliphatic carboxylic acids is 1. The predicted octanol–water partition coefficient (Wildman–Crippen LogP) is 3.54. The molecule has 0 radical (unpaired) electrons. The van der Waals surface area contributed by atoms with E-state index in [1.807, 2.05) is 0 Å². The Morgan fingerprint density at radius 2 is 1.93 bits per heavy atom. The van der Waals surface area contributed by atoms with Crippen molar-refractivity contribution in [2.45, 2.75) is 46.0 Å². The van der Waals surface area contributed by atoms with E-state index < -0.39 is 5.97 Å². The topological polar surface area (TPSA) is 37.3 Å². The molecule has 2 nitrogen and oxygen atoms in total. The largest absolute Gasteiger partial charge is 0.481 e. The van der Waals surface area contributed by atoms with Gasteiger partial charge >= 0.3 is 5.97 Å². The van der Waals surface area contributed by atoms with Crippen molar-refractivity contribution in [1.29, 1.82) is 0 Å². The Morgan fingerprint density at radius 1 is 1.33 bits per heavy atom. The summed E-state index contributed by atoms with van der Waals surface area (Å²) >= 11 is 0. The first-order valence-electron chi connectivity index (χ1n) is 5.67. The highest BCUT2D eigenvalue weighted by Crippen LogP contribution is 2.25. The summed E-state index contributed by atoms with van der Waals surface area (Å²) in [6, 6.07) is 0. The molecule has 1 aliphatic carbocycles. The summed E-state index contributed by atoms with van der Waals surface area (Å²) in [5, 5.41) is 8.57. The number of hydrogen-bond acceptors (Lipinski definition) is 1. The van der Waals surface area contributed by atoms with Crippen LogP contribution in [0.5, 0.6) is 0 Å². The minimum atomic E-state index is -0.701. The molecule has 1 aliphatic rings. The molecule has 0 bridgehead atoms. The molecule has 0 aromatic heterocycles. The summed E-state index contributed by atoms with van der Waals surface area (Å²) in [5.41, 5.74) is 2.79. The third kappa shape index (κ3) is 4.82. The average Bonchev–Trinajstić information content (AvgIpc) is 2.16. The number of carboxylic acids is 1.